The summed E-state index contributed by atoms with van der Waals surface area (Å²) in [6.07, 6.45) is 5.50. The Bertz CT molecular complexity index is 792. The Kier molecular flexibility index (Phi) is 6.92. The lowest BCUT2D eigenvalue weighted by Crippen LogP contribution is -2.20. The van der Waals surface area contributed by atoms with Crippen LogP contribution in [0.4, 0.5) is 0 Å². The molecule has 0 saturated heterocycles. The average Bonchev–Trinajstić information content (AvgIpc) is 3.10. The standard InChI is InChI=1S/C18H15Cl2IN2OS/c19-16-2-1-3-17(20)18(16)25-15(10-23-9-8-22-12-23)11-24-14-6-4-13(21)5-7-14/h1-9,12,15H,10-11H2. The summed E-state index contributed by atoms with van der Waals surface area (Å²) < 4.78 is 9.19. The van der Waals surface area contributed by atoms with Crippen molar-refractivity contribution in [2.24, 2.45) is 0 Å². The van der Waals surface area contributed by atoms with Crippen LogP contribution in [0.1, 0.15) is 0 Å². The van der Waals surface area contributed by atoms with Gasteiger partial charge in [-0.3, -0.25) is 0 Å². The van der Waals surface area contributed by atoms with Crippen LogP contribution in [0.15, 0.2) is 66.1 Å². The number of benzene rings is 2. The van der Waals surface area contributed by atoms with Crippen LogP contribution in [0, 0.1) is 3.57 Å². The predicted molar refractivity (Wildman–Crippen MR) is 113 cm³/mol. The summed E-state index contributed by atoms with van der Waals surface area (Å²) in [5.41, 5.74) is 0. The number of aromatic nitrogens is 2. The summed E-state index contributed by atoms with van der Waals surface area (Å²) in [7, 11) is 0. The molecule has 7 heteroatoms. The number of halogens is 3. The Morgan fingerprint density at radius 3 is 2.48 bits per heavy atom. The van der Waals surface area contributed by atoms with Gasteiger partial charge in [-0.15, -0.1) is 11.8 Å². The lowest BCUT2D eigenvalue weighted by Gasteiger charge is -2.19. The zero-order valence-electron chi connectivity index (χ0n) is 13.1. The third kappa shape index (κ3) is 5.54. The van der Waals surface area contributed by atoms with Gasteiger partial charge in [-0.1, -0.05) is 29.3 Å². The lowest BCUT2D eigenvalue weighted by atomic mass is 10.3. The molecule has 1 heterocycles. The summed E-state index contributed by atoms with van der Waals surface area (Å²) in [6, 6.07) is 13.6. The monoisotopic (exact) mass is 504 g/mol. The van der Waals surface area contributed by atoms with Crippen LogP contribution in [-0.2, 0) is 6.54 Å². The molecule has 0 aliphatic carbocycles. The van der Waals surface area contributed by atoms with Gasteiger partial charge in [0.2, 0.25) is 0 Å². The molecule has 25 heavy (non-hydrogen) atoms. The zero-order valence-corrected chi connectivity index (χ0v) is 17.6. The minimum Gasteiger partial charge on any atom is -0.492 e. The molecule has 0 amide bonds. The van der Waals surface area contributed by atoms with Gasteiger partial charge >= 0.3 is 0 Å². The predicted octanol–water partition coefficient (Wildman–Crippen LogP) is 6.03. The van der Waals surface area contributed by atoms with Crippen molar-refractivity contribution in [2.45, 2.75) is 16.7 Å². The first-order valence-corrected chi connectivity index (χ1v) is 10.3. The van der Waals surface area contributed by atoms with Gasteiger partial charge in [0.05, 0.1) is 21.6 Å². The molecular formula is C18H15Cl2IN2OS. The molecule has 0 radical (unpaired) electrons. The van der Waals surface area contributed by atoms with Crippen molar-refractivity contribution in [3.05, 3.63) is 74.8 Å². The third-order valence-electron chi connectivity index (χ3n) is 3.43. The molecule has 0 spiro atoms. The lowest BCUT2D eigenvalue weighted by molar-refractivity contribution is 0.308. The fourth-order valence-electron chi connectivity index (χ4n) is 2.24. The summed E-state index contributed by atoms with van der Waals surface area (Å²) in [5.74, 6) is 0.849. The van der Waals surface area contributed by atoms with Gasteiger partial charge in [-0.05, 0) is 59.0 Å². The number of nitrogens with zero attached hydrogens (tertiary/aromatic N) is 2. The Hall–Kier alpha value is -0.890. The Morgan fingerprint density at radius 1 is 1.12 bits per heavy atom. The maximum absolute atomic E-state index is 6.32. The van der Waals surface area contributed by atoms with E-state index < -0.39 is 0 Å². The van der Waals surface area contributed by atoms with E-state index in [-0.39, 0.29) is 5.25 Å². The van der Waals surface area contributed by atoms with Crippen molar-refractivity contribution in [1.82, 2.24) is 9.55 Å². The number of imidazole rings is 1. The normalized spacial score (nSPS) is 12.1. The van der Waals surface area contributed by atoms with E-state index >= 15 is 0 Å². The highest BCUT2D eigenvalue weighted by molar-refractivity contribution is 14.1. The maximum atomic E-state index is 6.32. The highest BCUT2D eigenvalue weighted by Gasteiger charge is 2.17. The largest absolute Gasteiger partial charge is 0.492 e. The number of thioether (sulfide) groups is 1. The second-order valence-corrected chi connectivity index (χ2v) is 8.69. The topological polar surface area (TPSA) is 27.1 Å². The molecule has 3 rings (SSSR count). The van der Waals surface area contributed by atoms with Gasteiger partial charge in [0.25, 0.3) is 0 Å². The third-order valence-corrected chi connectivity index (χ3v) is 6.29. The molecular weight excluding hydrogens is 490 g/mol. The minimum absolute atomic E-state index is 0.130. The van der Waals surface area contributed by atoms with Gasteiger partial charge in [0.1, 0.15) is 12.4 Å². The molecule has 0 fully saturated rings. The number of hydrogen-bond donors (Lipinski definition) is 0. The molecule has 0 saturated carbocycles. The number of hydrogen-bond acceptors (Lipinski definition) is 3. The number of ether oxygens (including phenoxy) is 1. The van der Waals surface area contributed by atoms with Gasteiger partial charge in [0.15, 0.2) is 0 Å². The first-order valence-electron chi connectivity index (χ1n) is 7.56. The maximum Gasteiger partial charge on any atom is 0.119 e. The first kappa shape index (κ1) is 18.9. The van der Waals surface area contributed by atoms with E-state index in [1.54, 1.807) is 24.3 Å². The van der Waals surface area contributed by atoms with E-state index in [0.29, 0.717) is 16.7 Å². The van der Waals surface area contributed by atoms with Crippen molar-refractivity contribution in [1.29, 1.82) is 0 Å². The Morgan fingerprint density at radius 2 is 1.84 bits per heavy atom. The molecule has 0 aliphatic rings. The fourth-order valence-corrected chi connectivity index (χ4v) is 4.34. The van der Waals surface area contributed by atoms with E-state index in [9.17, 15) is 0 Å². The van der Waals surface area contributed by atoms with Crippen molar-refractivity contribution < 1.29 is 4.74 Å². The number of rotatable bonds is 7. The smallest absolute Gasteiger partial charge is 0.119 e. The van der Waals surface area contributed by atoms with Crippen LogP contribution in [0.5, 0.6) is 5.75 Å². The van der Waals surface area contributed by atoms with Crippen LogP contribution < -0.4 is 4.74 Å². The van der Waals surface area contributed by atoms with Gasteiger partial charge < -0.3 is 9.30 Å². The Balaban J connectivity index is 1.73. The molecule has 3 nitrogen and oxygen atoms in total. The fraction of sp³-hybridized carbons (Fsp3) is 0.167. The van der Waals surface area contributed by atoms with E-state index in [4.69, 9.17) is 27.9 Å². The summed E-state index contributed by atoms with van der Waals surface area (Å²) >= 11 is 16.5. The Labute approximate surface area is 174 Å². The van der Waals surface area contributed by atoms with E-state index in [0.717, 1.165) is 17.2 Å². The highest BCUT2D eigenvalue weighted by Crippen LogP contribution is 2.37. The van der Waals surface area contributed by atoms with E-state index in [2.05, 4.69) is 27.6 Å². The van der Waals surface area contributed by atoms with Crippen LogP contribution in [0.25, 0.3) is 0 Å². The highest BCUT2D eigenvalue weighted by atomic mass is 127. The van der Waals surface area contributed by atoms with Gasteiger partial charge in [0, 0.05) is 27.4 Å². The quantitative estimate of drug-likeness (QED) is 0.290. The van der Waals surface area contributed by atoms with Crippen LogP contribution in [-0.4, -0.2) is 21.4 Å². The van der Waals surface area contributed by atoms with Crippen LogP contribution in [0.3, 0.4) is 0 Å². The molecule has 130 valence electrons. The minimum atomic E-state index is 0.130. The molecule has 0 aliphatic heterocycles. The van der Waals surface area contributed by atoms with Crippen LogP contribution in [0.2, 0.25) is 10.0 Å². The molecule has 2 aromatic carbocycles. The van der Waals surface area contributed by atoms with E-state index in [1.165, 1.54) is 3.57 Å². The van der Waals surface area contributed by atoms with Crippen molar-refractivity contribution in [2.75, 3.05) is 6.61 Å². The summed E-state index contributed by atoms with van der Waals surface area (Å²) in [6.45, 7) is 1.28. The van der Waals surface area contributed by atoms with Crippen molar-refractivity contribution in [3.8, 4) is 5.75 Å². The van der Waals surface area contributed by atoms with Crippen molar-refractivity contribution in [3.63, 3.8) is 0 Å². The van der Waals surface area contributed by atoms with Gasteiger partial charge in [-0.2, -0.15) is 0 Å². The molecule has 1 atom stereocenters. The molecule has 1 unspecified atom stereocenters. The molecule has 0 N–H and O–H groups in total. The molecule has 1 aromatic heterocycles. The summed E-state index contributed by atoms with van der Waals surface area (Å²) in [4.78, 5) is 4.98. The van der Waals surface area contributed by atoms with Crippen molar-refractivity contribution >= 4 is 57.6 Å². The van der Waals surface area contributed by atoms with Crippen LogP contribution >= 0.6 is 57.6 Å². The summed E-state index contributed by atoms with van der Waals surface area (Å²) in [5, 5.41) is 1.44. The second-order valence-electron chi connectivity index (χ2n) is 5.32. The van der Waals surface area contributed by atoms with Gasteiger partial charge in [-0.25, -0.2) is 4.98 Å². The molecule has 3 aromatic rings. The molecule has 0 bridgehead atoms. The second kappa shape index (κ2) is 9.16. The SMILES string of the molecule is Clc1cccc(Cl)c1SC(COc1ccc(I)cc1)Cn1ccnc1. The zero-order chi connectivity index (χ0) is 17.6. The first-order chi connectivity index (χ1) is 12.1. The average molecular weight is 505 g/mol. The van der Waals surface area contributed by atoms with E-state index in [1.807, 2.05) is 53.2 Å².